The summed E-state index contributed by atoms with van der Waals surface area (Å²) in [6.07, 6.45) is 0. The van der Waals surface area contributed by atoms with Gasteiger partial charge in [0.15, 0.2) is 0 Å². The SMILES string of the molecule is CC(C)/C(=N\O)c1ccc(OCCOc2ccc(C#N)cc2)cc1. The molecule has 0 radical (unpaired) electrons. The Morgan fingerprint density at radius 2 is 1.50 bits per heavy atom. The smallest absolute Gasteiger partial charge is 0.122 e. The fraction of sp³-hybridized carbons (Fsp3) is 0.263. The van der Waals surface area contributed by atoms with Crippen LogP contribution < -0.4 is 9.47 Å². The molecule has 5 nitrogen and oxygen atoms in total. The fourth-order valence-electron chi connectivity index (χ4n) is 2.17. The molecule has 2 rings (SSSR count). The third-order valence-corrected chi connectivity index (χ3v) is 3.41. The molecule has 2 aromatic carbocycles. The van der Waals surface area contributed by atoms with Crippen LogP contribution in [0.2, 0.25) is 0 Å². The first-order valence-corrected chi connectivity index (χ1v) is 7.72. The van der Waals surface area contributed by atoms with E-state index in [0.717, 1.165) is 11.3 Å². The molecule has 0 atom stereocenters. The Hall–Kier alpha value is -3.00. The molecular formula is C19H20N2O3. The molecular weight excluding hydrogens is 304 g/mol. The molecule has 0 unspecified atom stereocenters. The summed E-state index contributed by atoms with van der Waals surface area (Å²) >= 11 is 0. The van der Waals surface area contributed by atoms with Gasteiger partial charge in [0.05, 0.1) is 17.3 Å². The van der Waals surface area contributed by atoms with Gasteiger partial charge in [-0.25, -0.2) is 0 Å². The quantitative estimate of drug-likeness (QED) is 0.363. The van der Waals surface area contributed by atoms with Gasteiger partial charge in [-0.15, -0.1) is 0 Å². The Bertz CT molecular complexity index is 714. The van der Waals surface area contributed by atoms with Gasteiger partial charge in [-0.3, -0.25) is 0 Å². The number of nitriles is 1. The minimum absolute atomic E-state index is 0.141. The topological polar surface area (TPSA) is 74.8 Å². The van der Waals surface area contributed by atoms with Gasteiger partial charge in [-0.05, 0) is 60.0 Å². The van der Waals surface area contributed by atoms with Gasteiger partial charge in [-0.1, -0.05) is 19.0 Å². The maximum Gasteiger partial charge on any atom is 0.122 e. The van der Waals surface area contributed by atoms with Gasteiger partial charge in [0, 0.05) is 0 Å². The van der Waals surface area contributed by atoms with Gasteiger partial charge in [-0.2, -0.15) is 5.26 Å². The van der Waals surface area contributed by atoms with Gasteiger partial charge in [0.1, 0.15) is 24.7 Å². The zero-order valence-corrected chi connectivity index (χ0v) is 13.8. The third kappa shape index (κ3) is 4.75. The molecule has 124 valence electrons. The third-order valence-electron chi connectivity index (χ3n) is 3.41. The molecule has 0 spiro atoms. The summed E-state index contributed by atoms with van der Waals surface area (Å²) in [7, 11) is 0. The van der Waals surface area contributed by atoms with Crippen LogP contribution in [0.5, 0.6) is 11.5 Å². The number of ether oxygens (including phenoxy) is 2. The first-order valence-electron chi connectivity index (χ1n) is 7.72. The van der Waals surface area contributed by atoms with Crippen molar-refractivity contribution in [1.82, 2.24) is 0 Å². The summed E-state index contributed by atoms with van der Waals surface area (Å²) in [4.78, 5) is 0. The second-order valence-electron chi connectivity index (χ2n) is 5.50. The molecule has 0 amide bonds. The summed E-state index contributed by atoms with van der Waals surface area (Å²) in [6, 6.07) is 16.4. The van der Waals surface area contributed by atoms with E-state index in [1.807, 2.05) is 38.1 Å². The summed E-state index contributed by atoms with van der Waals surface area (Å²) in [5, 5.41) is 21.1. The Morgan fingerprint density at radius 3 is 1.92 bits per heavy atom. The lowest BCUT2D eigenvalue weighted by Gasteiger charge is -2.11. The molecule has 2 aromatic rings. The summed E-state index contributed by atoms with van der Waals surface area (Å²) in [5.41, 5.74) is 2.12. The van der Waals surface area contributed by atoms with Gasteiger partial charge in [0.2, 0.25) is 0 Å². The first-order chi connectivity index (χ1) is 11.6. The Kier molecular flexibility index (Phi) is 6.21. The highest BCUT2D eigenvalue weighted by atomic mass is 16.5. The van der Waals surface area contributed by atoms with Crippen molar-refractivity contribution >= 4 is 5.71 Å². The number of hydrogen-bond donors (Lipinski definition) is 1. The summed E-state index contributed by atoms with van der Waals surface area (Å²) in [6.45, 7) is 4.76. The molecule has 0 bridgehead atoms. The van der Waals surface area contributed by atoms with Crippen molar-refractivity contribution in [3.05, 3.63) is 59.7 Å². The van der Waals surface area contributed by atoms with E-state index in [4.69, 9.17) is 19.9 Å². The highest BCUT2D eigenvalue weighted by Gasteiger charge is 2.09. The maximum atomic E-state index is 9.06. The molecule has 0 aliphatic heterocycles. The number of benzene rings is 2. The van der Waals surface area contributed by atoms with Crippen LogP contribution in [0.15, 0.2) is 53.7 Å². The standard InChI is InChI=1S/C19H20N2O3/c1-14(2)19(21-22)16-5-9-18(10-6-16)24-12-11-23-17-7-3-15(13-20)4-8-17/h3-10,14,22H,11-12H2,1-2H3/b21-19+. The zero-order chi connectivity index (χ0) is 17.4. The maximum absolute atomic E-state index is 9.06. The molecule has 0 saturated carbocycles. The second kappa shape index (κ2) is 8.59. The van der Waals surface area contributed by atoms with Gasteiger partial charge >= 0.3 is 0 Å². The van der Waals surface area contributed by atoms with E-state index in [1.54, 1.807) is 24.3 Å². The second-order valence-corrected chi connectivity index (χ2v) is 5.50. The molecule has 0 heterocycles. The van der Waals surface area contributed by atoms with Crippen molar-refractivity contribution in [3.8, 4) is 17.6 Å². The average molecular weight is 324 g/mol. The van der Waals surface area contributed by atoms with Crippen molar-refractivity contribution < 1.29 is 14.7 Å². The van der Waals surface area contributed by atoms with E-state index in [0.29, 0.717) is 30.2 Å². The number of rotatable bonds is 7. The van der Waals surface area contributed by atoms with E-state index in [1.165, 1.54) is 0 Å². The summed E-state index contributed by atoms with van der Waals surface area (Å²) in [5.74, 6) is 1.57. The highest BCUT2D eigenvalue weighted by molar-refractivity contribution is 6.01. The molecule has 1 N–H and O–H groups in total. The minimum atomic E-state index is 0.141. The van der Waals surface area contributed by atoms with Crippen LogP contribution in [-0.4, -0.2) is 24.1 Å². The minimum Gasteiger partial charge on any atom is -0.490 e. The molecule has 0 saturated heterocycles. The molecule has 24 heavy (non-hydrogen) atoms. The predicted molar refractivity (Wildman–Crippen MR) is 91.8 cm³/mol. The van der Waals surface area contributed by atoms with Crippen LogP contribution >= 0.6 is 0 Å². The summed E-state index contributed by atoms with van der Waals surface area (Å²) < 4.78 is 11.2. The van der Waals surface area contributed by atoms with E-state index in [9.17, 15) is 0 Å². The van der Waals surface area contributed by atoms with Crippen molar-refractivity contribution in [3.63, 3.8) is 0 Å². The molecule has 0 fully saturated rings. The number of hydrogen-bond acceptors (Lipinski definition) is 5. The highest BCUT2D eigenvalue weighted by Crippen LogP contribution is 2.16. The predicted octanol–water partition coefficient (Wildman–Crippen LogP) is 3.85. The van der Waals surface area contributed by atoms with Gasteiger partial charge < -0.3 is 14.7 Å². The van der Waals surface area contributed by atoms with Crippen LogP contribution in [0.25, 0.3) is 0 Å². The lowest BCUT2D eigenvalue weighted by atomic mass is 10.0. The van der Waals surface area contributed by atoms with Crippen molar-refractivity contribution in [1.29, 1.82) is 5.26 Å². The van der Waals surface area contributed by atoms with E-state index >= 15 is 0 Å². The van der Waals surface area contributed by atoms with Crippen LogP contribution in [0.1, 0.15) is 25.0 Å². The van der Waals surface area contributed by atoms with Crippen molar-refractivity contribution in [2.75, 3.05) is 13.2 Å². The lowest BCUT2D eigenvalue weighted by molar-refractivity contribution is 0.217. The molecule has 0 aromatic heterocycles. The molecule has 0 aliphatic rings. The van der Waals surface area contributed by atoms with Crippen LogP contribution in [0, 0.1) is 17.2 Å². The fourth-order valence-corrected chi connectivity index (χ4v) is 2.17. The van der Waals surface area contributed by atoms with E-state index in [2.05, 4.69) is 11.2 Å². The molecule has 0 aliphatic carbocycles. The monoisotopic (exact) mass is 324 g/mol. The Balaban J connectivity index is 1.81. The normalized spacial score (nSPS) is 11.2. The van der Waals surface area contributed by atoms with E-state index in [-0.39, 0.29) is 5.92 Å². The van der Waals surface area contributed by atoms with Crippen molar-refractivity contribution in [2.45, 2.75) is 13.8 Å². The number of oxime groups is 1. The Morgan fingerprint density at radius 1 is 1.00 bits per heavy atom. The lowest BCUT2D eigenvalue weighted by Crippen LogP contribution is -2.10. The van der Waals surface area contributed by atoms with Gasteiger partial charge in [0.25, 0.3) is 0 Å². The largest absolute Gasteiger partial charge is 0.490 e. The number of nitrogens with zero attached hydrogens (tertiary/aromatic N) is 2. The molecule has 5 heteroatoms. The van der Waals surface area contributed by atoms with Crippen LogP contribution in [-0.2, 0) is 0 Å². The Labute approximate surface area is 141 Å². The van der Waals surface area contributed by atoms with Crippen LogP contribution in [0.4, 0.5) is 0 Å². The average Bonchev–Trinajstić information content (AvgIpc) is 2.61. The van der Waals surface area contributed by atoms with Crippen LogP contribution in [0.3, 0.4) is 0 Å². The zero-order valence-electron chi connectivity index (χ0n) is 13.8. The van der Waals surface area contributed by atoms with Crippen molar-refractivity contribution in [2.24, 2.45) is 11.1 Å². The first kappa shape index (κ1) is 17.4. The van der Waals surface area contributed by atoms with E-state index < -0.39 is 0 Å².